The number of hydrogen-bond acceptors (Lipinski definition) is 4. The molecule has 7 heteroatoms. The average molecular weight is 246 g/mol. The molecular formula is C9H14N2O4S. The summed E-state index contributed by atoms with van der Waals surface area (Å²) in [5.41, 5.74) is 0.475. The molecule has 90 valence electrons. The Bertz CT molecular complexity index is 448. The van der Waals surface area contributed by atoms with Crippen LogP contribution in [-0.4, -0.2) is 37.8 Å². The van der Waals surface area contributed by atoms with Gasteiger partial charge in [0.25, 0.3) is 0 Å². The van der Waals surface area contributed by atoms with Gasteiger partial charge in [-0.05, 0) is 12.5 Å². The summed E-state index contributed by atoms with van der Waals surface area (Å²) in [6.45, 7) is 0.792. The Kier molecular flexibility index (Phi) is 3.29. The van der Waals surface area contributed by atoms with E-state index in [1.54, 1.807) is 0 Å². The molecule has 3 N–H and O–H groups in total. The van der Waals surface area contributed by atoms with Crippen molar-refractivity contribution >= 4 is 10.0 Å². The van der Waals surface area contributed by atoms with Crippen molar-refractivity contribution in [3.05, 3.63) is 18.0 Å². The quantitative estimate of drug-likeness (QED) is 0.672. The normalized spacial score (nSPS) is 21.4. The third-order valence-electron chi connectivity index (χ3n) is 2.45. The minimum Gasteiger partial charge on any atom is -0.390 e. The Morgan fingerprint density at radius 1 is 1.62 bits per heavy atom. The van der Waals surface area contributed by atoms with Gasteiger partial charge in [-0.15, -0.1) is 0 Å². The second-order valence-electron chi connectivity index (χ2n) is 3.70. The Hall–Kier alpha value is -0.890. The molecule has 1 aromatic heterocycles. The maximum absolute atomic E-state index is 11.8. The van der Waals surface area contributed by atoms with E-state index in [0.717, 1.165) is 0 Å². The van der Waals surface area contributed by atoms with Crippen LogP contribution in [0.2, 0.25) is 0 Å². The summed E-state index contributed by atoms with van der Waals surface area (Å²) in [7, 11) is -3.51. The van der Waals surface area contributed by atoms with E-state index in [1.807, 2.05) is 0 Å². The zero-order valence-corrected chi connectivity index (χ0v) is 9.46. The van der Waals surface area contributed by atoms with Gasteiger partial charge in [0.05, 0.1) is 18.1 Å². The van der Waals surface area contributed by atoms with E-state index in [4.69, 9.17) is 9.84 Å². The Balaban J connectivity index is 2.11. The number of aliphatic hydroxyl groups excluding tert-OH is 1. The Morgan fingerprint density at radius 3 is 3.00 bits per heavy atom. The number of ether oxygens (including phenoxy) is 1. The van der Waals surface area contributed by atoms with Crippen molar-refractivity contribution in [2.75, 3.05) is 13.2 Å². The number of hydrogen-bond donors (Lipinski definition) is 3. The number of nitrogens with one attached hydrogen (secondary N) is 2. The topological polar surface area (TPSA) is 91.4 Å². The van der Waals surface area contributed by atoms with Crippen molar-refractivity contribution in [2.45, 2.75) is 24.0 Å². The van der Waals surface area contributed by atoms with Crippen molar-refractivity contribution in [3.8, 4) is 0 Å². The first kappa shape index (κ1) is 11.6. The predicted molar refractivity (Wildman–Crippen MR) is 56.3 cm³/mol. The third-order valence-corrected chi connectivity index (χ3v) is 3.95. The second kappa shape index (κ2) is 4.54. The lowest BCUT2D eigenvalue weighted by Crippen LogP contribution is -2.34. The first-order valence-electron chi connectivity index (χ1n) is 5.00. The van der Waals surface area contributed by atoms with Crippen molar-refractivity contribution in [1.29, 1.82) is 0 Å². The fourth-order valence-electron chi connectivity index (χ4n) is 1.58. The standard InChI is InChI=1S/C9H14N2O4S/c12-5-8-3-9(4-10-8)16(13,14)11-7-1-2-15-6-7/h3-4,7,10-12H,1-2,5-6H2. The highest BCUT2D eigenvalue weighted by atomic mass is 32.2. The fourth-order valence-corrected chi connectivity index (χ4v) is 2.85. The van der Waals surface area contributed by atoms with Crippen molar-refractivity contribution in [1.82, 2.24) is 9.71 Å². The van der Waals surface area contributed by atoms with Crippen LogP contribution in [-0.2, 0) is 21.4 Å². The SMILES string of the molecule is O=S(=O)(NC1CCOC1)c1c[nH]c(CO)c1. The monoisotopic (exact) mass is 246 g/mol. The lowest BCUT2D eigenvalue weighted by Gasteiger charge is -2.09. The van der Waals surface area contributed by atoms with E-state index in [9.17, 15) is 8.42 Å². The van der Waals surface area contributed by atoms with Crippen LogP contribution in [0.15, 0.2) is 17.2 Å². The van der Waals surface area contributed by atoms with Crippen molar-refractivity contribution < 1.29 is 18.3 Å². The second-order valence-corrected chi connectivity index (χ2v) is 5.41. The molecule has 2 heterocycles. The van der Waals surface area contributed by atoms with Gasteiger partial charge in [-0.1, -0.05) is 0 Å². The van der Waals surface area contributed by atoms with E-state index in [0.29, 0.717) is 25.3 Å². The molecule has 1 unspecified atom stereocenters. The van der Waals surface area contributed by atoms with Crippen molar-refractivity contribution in [3.63, 3.8) is 0 Å². The highest BCUT2D eigenvalue weighted by molar-refractivity contribution is 7.89. The van der Waals surface area contributed by atoms with Crippen LogP contribution >= 0.6 is 0 Å². The molecule has 6 nitrogen and oxygen atoms in total. The number of H-pyrrole nitrogens is 1. The number of rotatable bonds is 4. The van der Waals surface area contributed by atoms with E-state index >= 15 is 0 Å². The molecule has 1 aliphatic rings. The van der Waals surface area contributed by atoms with Gasteiger partial charge in [0.1, 0.15) is 0 Å². The number of aliphatic hydroxyl groups is 1. The van der Waals surface area contributed by atoms with Crippen LogP contribution in [0.1, 0.15) is 12.1 Å². The van der Waals surface area contributed by atoms with Gasteiger partial charge in [-0.3, -0.25) is 0 Å². The third kappa shape index (κ3) is 2.43. The molecule has 1 aromatic rings. The lowest BCUT2D eigenvalue weighted by atomic mass is 10.3. The molecular weight excluding hydrogens is 232 g/mol. The summed E-state index contributed by atoms with van der Waals surface area (Å²) in [5, 5.41) is 8.83. The van der Waals surface area contributed by atoms with Crippen LogP contribution in [0.5, 0.6) is 0 Å². The van der Waals surface area contributed by atoms with E-state index < -0.39 is 10.0 Å². The van der Waals surface area contributed by atoms with Crippen LogP contribution in [0.3, 0.4) is 0 Å². The van der Waals surface area contributed by atoms with E-state index in [2.05, 4.69) is 9.71 Å². The number of aromatic nitrogens is 1. The van der Waals surface area contributed by atoms with Gasteiger partial charge in [-0.2, -0.15) is 0 Å². The zero-order valence-electron chi connectivity index (χ0n) is 8.64. The van der Waals surface area contributed by atoms with Gasteiger partial charge in [0.2, 0.25) is 10.0 Å². The first-order chi connectivity index (χ1) is 7.62. The molecule has 0 aromatic carbocycles. The first-order valence-corrected chi connectivity index (χ1v) is 6.48. The minimum absolute atomic E-state index is 0.142. The van der Waals surface area contributed by atoms with Gasteiger partial charge in [-0.25, -0.2) is 13.1 Å². The molecule has 0 amide bonds. The Labute approximate surface area is 93.7 Å². The van der Waals surface area contributed by atoms with Gasteiger partial charge < -0.3 is 14.8 Å². The zero-order chi connectivity index (χ0) is 11.6. The highest BCUT2D eigenvalue weighted by Gasteiger charge is 2.24. The minimum atomic E-state index is -3.51. The van der Waals surface area contributed by atoms with Crippen molar-refractivity contribution in [2.24, 2.45) is 0 Å². The molecule has 1 atom stereocenters. The Morgan fingerprint density at radius 2 is 2.44 bits per heavy atom. The summed E-state index contributed by atoms with van der Waals surface area (Å²) in [4.78, 5) is 2.83. The van der Waals surface area contributed by atoms with Gasteiger partial charge in [0.15, 0.2) is 0 Å². The number of aromatic amines is 1. The molecule has 1 fully saturated rings. The predicted octanol–water partition coefficient (Wildman–Crippen LogP) is -0.426. The largest absolute Gasteiger partial charge is 0.390 e. The average Bonchev–Trinajstić information content (AvgIpc) is 2.85. The molecule has 2 rings (SSSR count). The molecule has 0 saturated carbocycles. The van der Waals surface area contributed by atoms with Gasteiger partial charge in [0, 0.05) is 24.5 Å². The fraction of sp³-hybridized carbons (Fsp3) is 0.556. The highest BCUT2D eigenvalue weighted by Crippen LogP contribution is 2.13. The van der Waals surface area contributed by atoms with Crippen LogP contribution in [0.4, 0.5) is 0 Å². The van der Waals surface area contributed by atoms with E-state index in [1.165, 1.54) is 12.3 Å². The summed E-state index contributed by atoms with van der Waals surface area (Å²) in [6.07, 6.45) is 2.06. The molecule has 16 heavy (non-hydrogen) atoms. The molecule has 0 radical (unpaired) electrons. The molecule has 1 saturated heterocycles. The summed E-state index contributed by atoms with van der Waals surface area (Å²) in [6, 6.07) is 1.26. The van der Waals surface area contributed by atoms with Crippen LogP contribution in [0.25, 0.3) is 0 Å². The van der Waals surface area contributed by atoms with E-state index in [-0.39, 0.29) is 17.5 Å². The van der Waals surface area contributed by atoms with Gasteiger partial charge >= 0.3 is 0 Å². The maximum atomic E-state index is 11.8. The lowest BCUT2D eigenvalue weighted by molar-refractivity contribution is 0.192. The molecule has 0 spiro atoms. The summed E-state index contributed by atoms with van der Waals surface area (Å²) in [5.74, 6) is 0. The summed E-state index contributed by atoms with van der Waals surface area (Å²) >= 11 is 0. The molecule has 1 aliphatic heterocycles. The van der Waals surface area contributed by atoms with Crippen LogP contribution in [0, 0.1) is 0 Å². The summed E-state index contributed by atoms with van der Waals surface area (Å²) < 4.78 is 31.3. The molecule has 0 bridgehead atoms. The smallest absolute Gasteiger partial charge is 0.242 e. The molecule has 0 aliphatic carbocycles. The maximum Gasteiger partial charge on any atom is 0.242 e. The van der Waals surface area contributed by atoms with Crippen LogP contribution < -0.4 is 4.72 Å². The number of sulfonamides is 1.